The number of carbonyl (C=O) groups excluding carboxylic acids is 2. The Morgan fingerprint density at radius 1 is 1.05 bits per heavy atom. The Labute approximate surface area is 215 Å². The number of amides is 2. The molecule has 188 valence electrons. The van der Waals surface area contributed by atoms with Gasteiger partial charge in [0.2, 0.25) is 11.7 Å². The third-order valence-corrected chi connectivity index (χ3v) is 5.78. The van der Waals surface area contributed by atoms with E-state index in [1.807, 2.05) is 66.7 Å². The number of nitrogens with two attached hydrogens (primary N) is 1. The van der Waals surface area contributed by atoms with E-state index in [-0.39, 0.29) is 24.8 Å². The van der Waals surface area contributed by atoms with Crippen molar-refractivity contribution in [3.8, 4) is 6.07 Å². The van der Waals surface area contributed by atoms with Crippen molar-refractivity contribution in [2.24, 2.45) is 11.7 Å². The quantitative estimate of drug-likeness (QED) is 0.346. The summed E-state index contributed by atoms with van der Waals surface area (Å²) in [5.41, 5.74) is 8.13. The molecule has 0 aliphatic carbocycles. The van der Waals surface area contributed by atoms with Crippen molar-refractivity contribution in [1.82, 2.24) is 19.4 Å². The smallest absolute Gasteiger partial charge is 0.271 e. The number of primary amides is 1. The summed E-state index contributed by atoms with van der Waals surface area (Å²) in [6.45, 7) is 5.07. The second-order valence-corrected chi connectivity index (χ2v) is 9.23. The Balaban J connectivity index is 1.86. The van der Waals surface area contributed by atoms with Crippen LogP contribution in [0.1, 0.15) is 41.3 Å². The number of aromatic nitrogens is 3. The van der Waals surface area contributed by atoms with Gasteiger partial charge in [-0.05, 0) is 23.1 Å². The van der Waals surface area contributed by atoms with Crippen LogP contribution in [0.4, 0.5) is 5.82 Å². The molecule has 2 heterocycles. The van der Waals surface area contributed by atoms with Crippen LogP contribution in [0.2, 0.25) is 0 Å². The SMILES string of the molecule is CC(C)CNc1nc(C#N)nc2c1cc(C(=O)N(CC(N)=O)Cc1ccccc1)n2Cc1ccccc1. The van der Waals surface area contributed by atoms with E-state index in [2.05, 4.69) is 29.1 Å². The van der Waals surface area contributed by atoms with Crippen LogP contribution in [0.15, 0.2) is 66.7 Å². The van der Waals surface area contributed by atoms with Crippen molar-refractivity contribution in [1.29, 1.82) is 5.26 Å². The Bertz CT molecular complexity index is 1440. The van der Waals surface area contributed by atoms with Gasteiger partial charge >= 0.3 is 0 Å². The number of hydrogen-bond donors (Lipinski definition) is 2. The standard InChI is InChI=1S/C28H29N7O2/c1-19(2)15-31-26-22-13-23(28(37)34(18-24(30)36)16-20-9-5-3-6-10-20)35(17-21-11-7-4-8-12-21)27(22)33-25(14-29)32-26/h3-13,19H,15-18H2,1-2H3,(H2,30,36)(H,31,32,33). The molecule has 9 heteroatoms. The van der Waals surface area contributed by atoms with Gasteiger partial charge in [0, 0.05) is 19.6 Å². The molecule has 2 amide bonds. The Kier molecular flexibility index (Phi) is 7.79. The first-order valence-corrected chi connectivity index (χ1v) is 12.1. The number of rotatable bonds is 10. The summed E-state index contributed by atoms with van der Waals surface area (Å²) in [7, 11) is 0. The van der Waals surface area contributed by atoms with E-state index in [0.29, 0.717) is 41.6 Å². The fraction of sp³-hybridized carbons (Fsp3) is 0.250. The van der Waals surface area contributed by atoms with Crippen LogP contribution in [-0.2, 0) is 17.9 Å². The van der Waals surface area contributed by atoms with Crippen molar-refractivity contribution in [2.45, 2.75) is 26.9 Å². The van der Waals surface area contributed by atoms with E-state index >= 15 is 0 Å². The maximum absolute atomic E-state index is 14.0. The molecule has 2 aromatic heterocycles. The average molecular weight is 496 g/mol. The minimum atomic E-state index is -0.610. The number of carbonyl (C=O) groups is 2. The summed E-state index contributed by atoms with van der Waals surface area (Å²) in [4.78, 5) is 36.2. The van der Waals surface area contributed by atoms with Gasteiger partial charge in [-0.25, -0.2) is 9.97 Å². The van der Waals surface area contributed by atoms with E-state index in [9.17, 15) is 14.9 Å². The highest BCUT2D eigenvalue weighted by Gasteiger charge is 2.26. The number of hydrogen-bond acceptors (Lipinski definition) is 6. The van der Waals surface area contributed by atoms with E-state index in [1.54, 1.807) is 10.6 Å². The zero-order valence-electron chi connectivity index (χ0n) is 20.9. The third kappa shape index (κ3) is 6.11. The van der Waals surface area contributed by atoms with Crippen LogP contribution in [0, 0.1) is 17.2 Å². The van der Waals surface area contributed by atoms with Crippen LogP contribution < -0.4 is 11.1 Å². The van der Waals surface area contributed by atoms with Crippen molar-refractivity contribution >= 4 is 28.7 Å². The minimum Gasteiger partial charge on any atom is -0.369 e. The number of nitrogens with one attached hydrogen (secondary N) is 1. The number of nitriles is 1. The Hall–Kier alpha value is -4.71. The van der Waals surface area contributed by atoms with Gasteiger partial charge in [0.05, 0.1) is 5.39 Å². The van der Waals surface area contributed by atoms with Crippen molar-refractivity contribution in [2.75, 3.05) is 18.4 Å². The first-order valence-electron chi connectivity index (χ1n) is 12.1. The third-order valence-electron chi connectivity index (χ3n) is 5.78. The lowest BCUT2D eigenvalue weighted by Crippen LogP contribution is -2.38. The highest BCUT2D eigenvalue weighted by molar-refractivity contribution is 6.01. The van der Waals surface area contributed by atoms with E-state index in [4.69, 9.17) is 5.73 Å². The molecule has 9 nitrogen and oxygen atoms in total. The summed E-state index contributed by atoms with van der Waals surface area (Å²) in [5.74, 6) is -0.158. The lowest BCUT2D eigenvalue weighted by Gasteiger charge is -2.22. The highest BCUT2D eigenvalue weighted by Crippen LogP contribution is 2.27. The molecule has 4 rings (SSSR count). The predicted octanol–water partition coefficient (Wildman–Crippen LogP) is 3.55. The molecular weight excluding hydrogens is 466 g/mol. The van der Waals surface area contributed by atoms with E-state index < -0.39 is 5.91 Å². The first kappa shape index (κ1) is 25.4. The van der Waals surface area contributed by atoms with Gasteiger partial charge in [-0.2, -0.15) is 5.26 Å². The topological polar surface area (TPSA) is 130 Å². The second kappa shape index (κ2) is 11.4. The molecule has 0 saturated carbocycles. The lowest BCUT2D eigenvalue weighted by atomic mass is 10.2. The predicted molar refractivity (Wildman–Crippen MR) is 141 cm³/mol. The number of fused-ring (bicyclic) bond motifs is 1. The van der Waals surface area contributed by atoms with Gasteiger partial charge in [-0.3, -0.25) is 9.59 Å². The summed E-state index contributed by atoms with van der Waals surface area (Å²) < 4.78 is 1.77. The summed E-state index contributed by atoms with van der Waals surface area (Å²) in [6.07, 6.45) is 0. The first-order chi connectivity index (χ1) is 17.9. The van der Waals surface area contributed by atoms with Crippen molar-refractivity contribution < 1.29 is 9.59 Å². The molecule has 0 radical (unpaired) electrons. The van der Waals surface area contributed by atoms with Gasteiger partial charge in [0.15, 0.2) is 0 Å². The maximum Gasteiger partial charge on any atom is 0.271 e. The number of benzene rings is 2. The average Bonchev–Trinajstić information content (AvgIpc) is 3.25. The number of anilines is 1. The molecule has 37 heavy (non-hydrogen) atoms. The van der Waals surface area contributed by atoms with Gasteiger partial charge in [-0.1, -0.05) is 74.5 Å². The van der Waals surface area contributed by atoms with Gasteiger partial charge in [0.1, 0.15) is 29.8 Å². The Morgan fingerprint density at radius 2 is 1.70 bits per heavy atom. The molecule has 0 fully saturated rings. The molecule has 2 aromatic carbocycles. The molecule has 0 atom stereocenters. The molecule has 0 unspecified atom stereocenters. The molecule has 0 bridgehead atoms. The van der Waals surface area contributed by atoms with Gasteiger partial charge < -0.3 is 20.5 Å². The molecular formula is C28H29N7O2. The highest BCUT2D eigenvalue weighted by atomic mass is 16.2. The monoisotopic (exact) mass is 495 g/mol. The fourth-order valence-electron chi connectivity index (χ4n) is 4.07. The summed E-state index contributed by atoms with van der Waals surface area (Å²) >= 11 is 0. The zero-order valence-corrected chi connectivity index (χ0v) is 20.9. The number of nitrogens with zero attached hydrogens (tertiary/aromatic N) is 5. The van der Waals surface area contributed by atoms with Crippen molar-refractivity contribution in [3.63, 3.8) is 0 Å². The Morgan fingerprint density at radius 3 is 2.30 bits per heavy atom. The largest absolute Gasteiger partial charge is 0.369 e. The lowest BCUT2D eigenvalue weighted by molar-refractivity contribution is -0.118. The van der Waals surface area contributed by atoms with Crippen LogP contribution in [0.5, 0.6) is 0 Å². The van der Waals surface area contributed by atoms with E-state index in [0.717, 1.165) is 11.1 Å². The maximum atomic E-state index is 14.0. The zero-order chi connectivity index (χ0) is 26.4. The van der Waals surface area contributed by atoms with Crippen LogP contribution in [-0.4, -0.2) is 44.3 Å². The van der Waals surface area contributed by atoms with Crippen LogP contribution >= 0.6 is 0 Å². The van der Waals surface area contributed by atoms with Crippen LogP contribution in [0.3, 0.4) is 0 Å². The molecule has 0 aliphatic heterocycles. The second-order valence-electron chi connectivity index (χ2n) is 9.23. The molecule has 3 N–H and O–H groups in total. The van der Waals surface area contributed by atoms with Crippen LogP contribution in [0.25, 0.3) is 11.0 Å². The minimum absolute atomic E-state index is 0.00319. The molecule has 0 saturated heterocycles. The normalized spacial score (nSPS) is 10.9. The van der Waals surface area contributed by atoms with Gasteiger partial charge in [-0.15, -0.1) is 0 Å². The summed E-state index contributed by atoms with van der Waals surface area (Å²) in [6, 6.07) is 22.8. The van der Waals surface area contributed by atoms with Crippen molar-refractivity contribution in [3.05, 3.63) is 89.4 Å². The molecule has 0 spiro atoms. The fourth-order valence-corrected chi connectivity index (χ4v) is 4.07. The van der Waals surface area contributed by atoms with E-state index in [1.165, 1.54) is 4.90 Å². The van der Waals surface area contributed by atoms with Gasteiger partial charge in [0.25, 0.3) is 5.91 Å². The molecule has 0 aliphatic rings. The summed E-state index contributed by atoms with van der Waals surface area (Å²) in [5, 5.41) is 13.5. The molecule has 4 aromatic rings.